The third-order valence-corrected chi connectivity index (χ3v) is 5.57. The maximum Gasteiger partial charge on any atom is 0.325 e. The number of urea groups is 1. The summed E-state index contributed by atoms with van der Waals surface area (Å²) >= 11 is 5.78. The molecule has 3 aromatic carbocycles. The summed E-state index contributed by atoms with van der Waals surface area (Å²) in [5.74, 6) is -1.36. The Morgan fingerprint density at radius 3 is 2.56 bits per heavy atom. The van der Waals surface area contributed by atoms with Crippen molar-refractivity contribution in [1.82, 2.24) is 10.2 Å². The molecule has 1 unspecified atom stereocenters. The normalized spacial score (nSPS) is 18.0. The number of nitro groups is 1. The Kier molecular flexibility index (Phi) is 5.27. The lowest BCUT2D eigenvalue weighted by molar-refractivity contribution is -0.383. The predicted octanol–water partition coefficient (Wildman–Crippen LogP) is 3.81. The van der Waals surface area contributed by atoms with Gasteiger partial charge in [-0.1, -0.05) is 48.0 Å². The van der Waals surface area contributed by atoms with Crippen molar-refractivity contribution in [2.24, 2.45) is 0 Å². The standard InChI is InChI=1S/C22H17ClN4O5/c1-22(15-7-6-13-4-2-3-5-14(13)10-15)20(29)26(21(30)25-22)12-19(28)24-17-9-8-16(23)11-18(17)27(31)32/h2-11H,12H2,1H3,(H,24,28)(H,25,30). The summed E-state index contributed by atoms with van der Waals surface area (Å²) in [4.78, 5) is 49.5. The van der Waals surface area contributed by atoms with E-state index in [4.69, 9.17) is 11.6 Å². The minimum absolute atomic E-state index is 0.0891. The molecule has 1 fully saturated rings. The number of anilines is 1. The highest BCUT2D eigenvalue weighted by Crippen LogP contribution is 2.31. The average molecular weight is 453 g/mol. The molecule has 0 bridgehead atoms. The van der Waals surface area contributed by atoms with E-state index in [1.807, 2.05) is 36.4 Å². The van der Waals surface area contributed by atoms with Gasteiger partial charge in [-0.05, 0) is 41.5 Å². The first-order chi connectivity index (χ1) is 15.2. The molecule has 0 radical (unpaired) electrons. The first-order valence-corrected chi connectivity index (χ1v) is 9.94. The molecular weight excluding hydrogens is 436 g/mol. The lowest BCUT2D eigenvalue weighted by Gasteiger charge is -2.22. The molecule has 1 saturated heterocycles. The molecule has 1 aliphatic heterocycles. The summed E-state index contributed by atoms with van der Waals surface area (Å²) in [5.41, 5.74) is -1.27. The summed E-state index contributed by atoms with van der Waals surface area (Å²) in [6, 6.07) is 16.1. The predicted molar refractivity (Wildman–Crippen MR) is 118 cm³/mol. The number of fused-ring (bicyclic) bond motifs is 1. The number of benzene rings is 3. The molecule has 10 heteroatoms. The molecule has 4 amide bonds. The van der Waals surface area contributed by atoms with Crippen molar-refractivity contribution >= 4 is 51.6 Å². The molecule has 1 atom stereocenters. The zero-order valence-corrected chi connectivity index (χ0v) is 17.6. The molecule has 1 aliphatic rings. The molecule has 4 rings (SSSR count). The first-order valence-electron chi connectivity index (χ1n) is 9.56. The minimum atomic E-state index is -1.35. The van der Waals surface area contributed by atoms with E-state index < -0.39 is 40.5 Å². The van der Waals surface area contributed by atoms with Crippen molar-refractivity contribution in [3.05, 3.63) is 81.4 Å². The van der Waals surface area contributed by atoms with Gasteiger partial charge in [0.1, 0.15) is 17.8 Å². The van der Waals surface area contributed by atoms with Gasteiger partial charge in [-0.2, -0.15) is 0 Å². The zero-order chi connectivity index (χ0) is 23.0. The van der Waals surface area contributed by atoms with E-state index >= 15 is 0 Å². The maximum absolute atomic E-state index is 13.1. The molecule has 3 aromatic rings. The Balaban J connectivity index is 1.55. The molecule has 32 heavy (non-hydrogen) atoms. The number of amides is 4. The summed E-state index contributed by atoms with van der Waals surface area (Å²) < 4.78 is 0. The lowest BCUT2D eigenvalue weighted by atomic mass is 9.90. The molecule has 1 heterocycles. The van der Waals surface area contributed by atoms with E-state index in [2.05, 4.69) is 10.6 Å². The molecule has 162 valence electrons. The average Bonchev–Trinajstić information content (AvgIpc) is 2.98. The Hall–Kier alpha value is -3.98. The lowest BCUT2D eigenvalue weighted by Crippen LogP contribution is -2.42. The van der Waals surface area contributed by atoms with E-state index in [-0.39, 0.29) is 10.7 Å². The van der Waals surface area contributed by atoms with Crippen LogP contribution in [0.3, 0.4) is 0 Å². The largest absolute Gasteiger partial charge is 0.325 e. The van der Waals surface area contributed by atoms with Gasteiger partial charge in [0.25, 0.3) is 11.6 Å². The minimum Gasteiger partial charge on any atom is -0.319 e. The fourth-order valence-corrected chi connectivity index (χ4v) is 3.80. The highest BCUT2D eigenvalue weighted by atomic mass is 35.5. The zero-order valence-electron chi connectivity index (χ0n) is 16.8. The molecule has 0 aromatic heterocycles. The van der Waals surface area contributed by atoms with Gasteiger partial charge in [0.05, 0.1) is 4.92 Å². The second kappa shape index (κ2) is 7.93. The van der Waals surface area contributed by atoms with Gasteiger partial charge in [0.2, 0.25) is 5.91 Å². The number of halogens is 1. The van der Waals surface area contributed by atoms with Crippen LogP contribution in [0.1, 0.15) is 12.5 Å². The Morgan fingerprint density at radius 1 is 1.12 bits per heavy atom. The van der Waals surface area contributed by atoms with Crippen molar-refractivity contribution in [3.8, 4) is 0 Å². The van der Waals surface area contributed by atoms with Gasteiger partial charge in [-0.3, -0.25) is 24.6 Å². The molecule has 0 spiro atoms. The number of hydrogen-bond acceptors (Lipinski definition) is 5. The van der Waals surface area contributed by atoms with Crippen LogP contribution in [0.2, 0.25) is 5.02 Å². The van der Waals surface area contributed by atoms with Crippen LogP contribution in [0.15, 0.2) is 60.7 Å². The Labute approximate surface area is 187 Å². The van der Waals surface area contributed by atoms with Gasteiger partial charge in [0.15, 0.2) is 0 Å². The molecule has 2 N–H and O–H groups in total. The van der Waals surface area contributed by atoms with Crippen LogP contribution in [-0.2, 0) is 15.1 Å². The van der Waals surface area contributed by atoms with Crippen LogP contribution in [0.5, 0.6) is 0 Å². The molecular formula is C22H17ClN4O5. The van der Waals surface area contributed by atoms with E-state index in [0.29, 0.717) is 5.56 Å². The van der Waals surface area contributed by atoms with Crippen LogP contribution < -0.4 is 10.6 Å². The van der Waals surface area contributed by atoms with Crippen molar-refractivity contribution in [2.45, 2.75) is 12.5 Å². The Bertz CT molecular complexity index is 1290. The van der Waals surface area contributed by atoms with E-state index in [9.17, 15) is 24.5 Å². The third kappa shape index (κ3) is 3.74. The van der Waals surface area contributed by atoms with Crippen LogP contribution in [-0.4, -0.2) is 34.2 Å². The van der Waals surface area contributed by atoms with Crippen LogP contribution in [0.4, 0.5) is 16.2 Å². The van der Waals surface area contributed by atoms with E-state index in [0.717, 1.165) is 21.7 Å². The Morgan fingerprint density at radius 2 is 1.84 bits per heavy atom. The number of nitrogens with zero attached hydrogens (tertiary/aromatic N) is 2. The van der Waals surface area contributed by atoms with Crippen molar-refractivity contribution < 1.29 is 19.3 Å². The smallest absolute Gasteiger partial charge is 0.319 e. The maximum atomic E-state index is 13.1. The van der Waals surface area contributed by atoms with Gasteiger partial charge in [-0.15, -0.1) is 0 Å². The summed E-state index contributed by atoms with van der Waals surface area (Å²) in [5, 5.41) is 18.2. The molecule has 0 aliphatic carbocycles. The van der Waals surface area contributed by atoms with Crippen molar-refractivity contribution in [3.63, 3.8) is 0 Å². The van der Waals surface area contributed by atoms with E-state index in [1.54, 1.807) is 13.0 Å². The highest BCUT2D eigenvalue weighted by Gasteiger charge is 2.49. The monoisotopic (exact) mass is 452 g/mol. The number of carbonyl (C=O) groups is 3. The fraction of sp³-hybridized carbons (Fsp3) is 0.136. The summed E-state index contributed by atoms with van der Waals surface area (Å²) in [7, 11) is 0. The molecule has 9 nitrogen and oxygen atoms in total. The second-order valence-electron chi connectivity index (χ2n) is 7.48. The van der Waals surface area contributed by atoms with Crippen LogP contribution in [0, 0.1) is 10.1 Å². The second-order valence-corrected chi connectivity index (χ2v) is 7.91. The number of rotatable bonds is 5. The summed E-state index contributed by atoms with van der Waals surface area (Å²) in [6.07, 6.45) is 0. The first kappa shape index (κ1) is 21.3. The number of imide groups is 1. The van der Waals surface area contributed by atoms with Crippen molar-refractivity contribution in [1.29, 1.82) is 0 Å². The third-order valence-electron chi connectivity index (χ3n) is 5.33. The number of hydrogen-bond donors (Lipinski definition) is 2. The highest BCUT2D eigenvalue weighted by molar-refractivity contribution is 6.31. The van der Waals surface area contributed by atoms with Gasteiger partial charge >= 0.3 is 6.03 Å². The topological polar surface area (TPSA) is 122 Å². The van der Waals surface area contributed by atoms with Crippen LogP contribution >= 0.6 is 11.6 Å². The summed E-state index contributed by atoms with van der Waals surface area (Å²) in [6.45, 7) is 0.965. The molecule has 0 saturated carbocycles. The SMILES string of the molecule is CC1(c2ccc3ccccc3c2)NC(=O)N(CC(=O)Nc2ccc(Cl)cc2[N+](=O)[O-])C1=O. The number of nitrogens with one attached hydrogen (secondary N) is 2. The van der Waals surface area contributed by atoms with Gasteiger partial charge in [0, 0.05) is 11.1 Å². The van der Waals surface area contributed by atoms with Crippen LogP contribution in [0.25, 0.3) is 10.8 Å². The number of carbonyl (C=O) groups excluding carboxylic acids is 3. The quantitative estimate of drug-likeness (QED) is 0.346. The van der Waals surface area contributed by atoms with Crippen molar-refractivity contribution in [2.75, 3.05) is 11.9 Å². The fourth-order valence-electron chi connectivity index (χ4n) is 3.63. The number of nitro benzene ring substituents is 1. The van der Waals surface area contributed by atoms with Gasteiger partial charge in [-0.25, -0.2) is 4.79 Å². The van der Waals surface area contributed by atoms with Gasteiger partial charge < -0.3 is 10.6 Å². The van der Waals surface area contributed by atoms with E-state index in [1.165, 1.54) is 12.1 Å².